The SMILES string of the molecule is Cn1ccnc1C(C1CC1)n1cc(-c2cccc(-n3cccn3)c2)nn1. The quantitative estimate of drug-likeness (QED) is 0.558. The normalized spacial score (nSPS) is 15.3. The minimum absolute atomic E-state index is 0.144. The largest absolute Gasteiger partial charge is 0.336 e. The van der Waals surface area contributed by atoms with Crippen LogP contribution in [-0.2, 0) is 7.05 Å². The summed E-state index contributed by atoms with van der Waals surface area (Å²) in [6.45, 7) is 0. The second-order valence-electron chi connectivity index (χ2n) is 6.76. The van der Waals surface area contributed by atoms with Crippen molar-refractivity contribution in [1.29, 1.82) is 0 Å². The lowest BCUT2D eigenvalue weighted by Gasteiger charge is -2.15. The van der Waals surface area contributed by atoms with Crippen LogP contribution in [0.4, 0.5) is 0 Å². The highest BCUT2D eigenvalue weighted by Crippen LogP contribution is 2.42. The lowest BCUT2D eigenvalue weighted by Crippen LogP contribution is -2.17. The van der Waals surface area contributed by atoms with Crippen molar-refractivity contribution in [2.24, 2.45) is 13.0 Å². The predicted molar refractivity (Wildman–Crippen MR) is 96.7 cm³/mol. The van der Waals surface area contributed by atoms with Crippen molar-refractivity contribution >= 4 is 0 Å². The van der Waals surface area contributed by atoms with E-state index in [2.05, 4.69) is 31.0 Å². The molecule has 26 heavy (non-hydrogen) atoms. The van der Waals surface area contributed by atoms with E-state index >= 15 is 0 Å². The summed E-state index contributed by atoms with van der Waals surface area (Å²) in [5, 5.41) is 13.2. The highest BCUT2D eigenvalue weighted by molar-refractivity contribution is 5.61. The molecule has 1 aliphatic rings. The molecule has 1 fully saturated rings. The van der Waals surface area contributed by atoms with E-state index in [4.69, 9.17) is 0 Å². The van der Waals surface area contributed by atoms with Gasteiger partial charge in [-0.15, -0.1) is 5.10 Å². The molecular weight excluding hydrogens is 326 g/mol. The molecule has 4 aromatic rings. The maximum absolute atomic E-state index is 4.55. The van der Waals surface area contributed by atoms with Crippen molar-refractivity contribution in [2.45, 2.75) is 18.9 Å². The molecule has 1 atom stereocenters. The molecule has 0 bridgehead atoms. The molecule has 1 saturated carbocycles. The highest BCUT2D eigenvalue weighted by Gasteiger charge is 2.36. The van der Waals surface area contributed by atoms with Crippen molar-refractivity contribution in [2.75, 3.05) is 0 Å². The number of benzene rings is 1. The molecule has 0 N–H and O–H groups in total. The molecule has 3 aromatic heterocycles. The van der Waals surface area contributed by atoms with Gasteiger partial charge in [-0.1, -0.05) is 17.3 Å². The lowest BCUT2D eigenvalue weighted by atomic mass is 10.1. The first-order valence-corrected chi connectivity index (χ1v) is 8.79. The van der Waals surface area contributed by atoms with E-state index in [-0.39, 0.29) is 6.04 Å². The van der Waals surface area contributed by atoms with Crippen molar-refractivity contribution in [1.82, 2.24) is 34.3 Å². The molecular formula is C19H19N7. The van der Waals surface area contributed by atoms with Gasteiger partial charge in [0.2, 0.25) is 0 Å². The average molecular weight is 345 g/mol. The summed E-state index contributed by atoms with van der Waals surface area (Å²) in [6.07, 6.45) is 12.0. The van der Waals surface area contributed by atoms with Gasteiger partial charge in [-0.2, -0.15) is 5.10 Å². The summed E-state index contributed by atoms with van der Waals surface area (Å²) in [5.74, 6) is 1.62. The molecule has 0 saturated heterocycles. The molecule has 0 spiro atoms. The number of hydrogen-bond acceptors (Lipinski definition) is 4. The topological polar surface area (TPSA) is 66.3 Å². The second kappa shape index (κ2) is 5.94. The van der Waals surface area contributed by atoms with Gasteiger partial charge < -0.3 is 4.57 Å². The zero-order valence-corrected chi connectivity index (χ0v) is 14.5. The summed E-state index contributed by atoms with van der Waals surface area (Å²) in [4.78, 5) is 4.55. The van der Waals surface area contributed by atoms with E-state index in [1.165, 1.54) is 12.8 Å². The number of aryl methyl sites for hydroxylation is 1. The van der Waals surface area contributed by atoms with Crippen molar-refractivity contribution in [3.8, 4) is 16.9 Å². The molecule has 7 nitrogen and oxygen atoms in total. The van der Waals surface area contributed by atoms with Gasteiger partial charge in [0.25, 0.3) is 0 Å². The Hall–Kier alpha value is -3.22. The van der Waals surface area contributed by atoms with Crippen LogP contribution in [0.2, 0.25) is 0 Å². The third kappa shape index (κ3) is 2.61. The molecule has 1 aromatic carbocycles. The summed E-state index contributed by atoms with van der Waals surface area (Å²) in [7, 11) is 2.03. The number of hydrogen-bond donors (Lipinski definition) is 0. The van der Waals surface area contributed by atoms with E-state index in [9.17, 15) is 0 Å². The van der Waals surface area contributed by atoms with Crippen LogP contribution in [0.3, 0.4) is 0 Å². The van der Waals surface area contributed by atoms with Crippen LogP contribution in [0, 0.1) is 5.92 Å². The van der Waals surface area contributed by atoms with Crippen LogP contribution in [-0.4, -0.2) is 34.3 Å². The van der Waals surface area contributed by atoms with Gasteiger partial charge in [0, 0.05) is 37.4 Å². The number of rotatable bonds is 5. The third-order valence-electron chi connectivity index (χ3n) is 4.90. The first kappa shape index (κ1) is 15.1. The van der Waals surface area contributed by atoms with Gasteiger partial charge in [0.05, 0.1) is 11.9 Å². The number of aromatic nitrogens is 7. The lowest BCUT2D eigenvalue weighted by molar-refractivity contribution is 0.427. The van der Waals surface area contributed by atoms with Gasteiger partial charge in [-0.05, 0) is 37.0 Å². The standard InChI is InChI=1S/C19H19N7/c1-24-11-9-20-19(24)18(14-6-7-14)26-13-17(22-23-26)15-4-2-5-16(12-15)25-10-3-8-21-25/h2-5,8-14,18H,6-7H2,1H3. The van der Waals surface area contributed by atoms with Crippen LogP contribution in [0.1, 0.15) is 24.7 Å². The Morgan fingerprint density at radius 3 is 2.77 bits per heavy atom. The van der Waals surface area contributed by atoms with Gasteiger partial charge in [0.15, 0.2) is 0 Å². The zero-order chi connectivity index (χ0) is 17.5. The Labute approximate surface area is 150 Å². The van der Waals surface area contributed by atoms with Crippen LogP contribution in [0.15, 0.2) is 61.3 Å². The van der Waals surface area contributed by atoms with Crippen molar-refractivity contribution in [3.05, 3.63) is 67.1 Å². The van der Waals surface area contributed by atoms with E-state index < -0.39 is 0 Å². The smallest absolute Gasteiger partial charge is 0.133 e. The van der Waals surface area contributed by atoms with E-state index in [0.717, 1.165) is 22.8 Å². The van der Waals surface area contributed by atoms with Crippen LogP contribution in [0.5, 0.6) is 0 Å². The van der Waals surface area contributed by atoms with Crippen molar-refractivity contribution < 1.29 is 0 Å². The summed E-state index contributed by atoms with van der Waals surface area (Å²) < 4.78 is 5.88. The molecule has 5 rings (SSSR count). The molecule has 0 aliphatic heterocycles. The molecule has 1 unspecified atom stereocenters. The van der Waals surface area contributed by atoms with Crippen LogP contribution in [0.25, 0.3) is 16.9 Å². The Kier molecular flexibility index (Phi) is 3.44. The molecule has 0 amide bonds. The van der Waals surface area contributed by atoms with Crippen molar-refractivity contribution in [3.63, 3.8) is 0 Å². The van der Waals surface area contributed by atoms with Gasteiger partial charge in [0.1, 0.15) is 17.6 Å². The Balaban J connectivity index is 1.50. The minimum Gasteiger partial charge on any atom is -0.336 e. The summed E-state index contributed by atoms with van der Waals surface area (Å²) in [5.41, 5.74) is 2.89. The average Bonchev–Trinajstić information content (AvgIpc) is 3.08. The molecule has 3 heterocycles. The maximum Gasteiger partial charge on any atom is 0.133 e. The van der Waals surface area contributed by atoms with Gasteiger partial charge >= 0.3 is 0 Å². The molecule has 0 radical (unpaired) electrons. The minimum atomic E-state index is 0.144. The zero-order valence-electron chi connectivity index (χ0n) is 14.5. The fraction of sp³-hybridized carbons (Fsp3) is 0.263. The fourth-order valence-electron chi connectivity index (χ4n) is 3.39. The first-order valence-electron chi connectivity index (χ1n) is 8.79. The third-order valence-corrected chi connectivity index (χ3v) is 4.90. The van der Waals surface area contributed by atoms with Crippen LogP contribution >= 0.6 is 0 Å². The van der Waals surface area contributed by atoms with E-state index in [1.54, 1.807) is 6.20 Å². The van der Waals surface area contributed by atoms with E-state index in [1.807, 2.05) is 65.5 Å². The Bertz CT molecular complexity index is 1020. The Morgan fingerprint density at radius 2 is 2.04 bits per heavy atom. The predicted octanol–water partition coefficient (Wildman–Crippen LogP) is 2.86. The van der Waals surface area contributed by atoms with E-state index in [0.29, 0.717) is 5.92 Å². The summed E-state index contributed by atoms with van der Waals surface area (Å²) >= 11 is 0. The molecule has 130 valence electrons. The number of nitrogens with zero attached hydrogens (tertiary/aromatic N) is 7. The maximum atomic E-state index is 4.55. The highest BCUT2D eigenvalue weighted by atomic mass is 15.4. The Morgan fingerprint density at radius 1 is 1.12 bits per heavy atom. The van der Waals surface area contributed by atoms with Gasteiger partial charge in [-0.3, -0.25) is 0 Å². The monoisotopic (exact) mass is 345 g/mol. The summed E-state index contributed by atoms with van der Waals surface area (Å²) in [6, 6.07) is 10.2. The fourth-order valence-corrected chi connectivity index (χ4v) is 3.39. The number of imidazole rings is 1. The molecule has 7 heteroatoms. The first-order chi connectivity index (χ1) is 12.8. The van der Waals surface area contributed by atoms with Gasteiger partial charge in [-0.25, -0.2) is 14.3 Å². The molecule has 1 aliphatic carbocycles. The second-order valence-corrected chi connectivity index (χ2v) is 6.76. The van der Waals surface area contributed by atoms with Crippen LogP contribution < -0.4 is 0 Å².